The number of hydrogen-bond donors (Lipinski definition) is 1. The normalized spacial score (nSPS) is 10.3. The number of anilines is 2. The molecular formula is C18H23N3O. The van der Waals surface area contributed by atoms with Crippen molar-refractivity contribution in [1.82, 2.24) is 9.88 Å². The molecule has 0 aliphatic rings. The second kappa shape index (κ2) is 8.17. The second-order valence-corrected chi connectivity index (χ2v) is 5.22. The van der Waals surface area contributed by atoms with Crippen molar-refractivity contribution < 1.29 is 4.79 Å². The molecule has 0 aliphatic heterocycles. The maximum atomic E-state index is 12.5. The molecule has 0 saturated heterocycles. The van der Waals surface area contributed by atoms with Crippen molar-refractivity contribution in [3.8, 4) is 0 Å². The predicted molar refractivity (Wildman–Crippen MR) is 90.4 cm³/mol. The number of pyridine rings is 1. The van der Waals surface area contributed by atoms with Crippen molar-refractivity contribution in [2.75, 3.05) is 18.4 Å². The van der Waals surface area contributed by atoms with E-state index in [4.69, 9.17) is 0 Å². The molecule has 0 spiro atoms. The Kier molecular flexibility index (Phi) is 5.95. The third-order valence-electron chi connectivity index (χ3n) is 3.33. The second-order valence-electron chi connectivity index (χ2n) is 5.22. The Morgan fingerprint density at radius 2 is 1.73 bits per heavy atom. The molecule has 2 rings (SSSR count). The Morgan fingerprint density at radius 3 is 2.27 bits per heavy atom. The molecule has 4 heteroatoms. The van der Waals surface area contributed by atoms with Crippen LogP contribution < -0.4 is 5.32 Å². The van der Waals surface area contributed by atoms with Crippen molar-refractivity contribution in [3.05, 3.63) is 54.2 Å². The molecule has 0 fully saturated rings. The van der Waals surface area contributed by atoms with Crippen LogP contribution in [0.1, 0.15) is 37.0 Å². The number of carbonyl (C=O) groups excluding carboxylic acids is 1. The van der Waals surface area contributed by atoms with Crippen LogP contribution >= 0.6 is 0 Å². The highest BCUT2D eigenvalue weighted by Gasteiger charge is 2.14. The van der Waals surface area contributed by atoms with Crippen molar-refractivity contribution in [2.45, 2.75) is 26.7 Å². The van der Waals surface area contributed by atoms with Crippen LogP contribution in [0.2, 0.25) is 0 Å². The number of hydrogen-bond acceptors (Lipinski definition) is 3. The Labute approximate surface area is 132 Å². The fourth-order valence-corrected chi connectivity index (χ4v) is 2.30. The molecule has 1 amide bonds. The van der Waals surface area contributed by atoms with E-state index in [1.807, 2.05) is 47.4 Å². The van der Waals surface area contributed by atoms with Crippen LogP contribution in [-0.4, -0.2) is 28.9 Å². The lowest BCUT2D eigenvalue weighted by atomic mass is 10.2. The molecule has 0 atom stereocenters. The van der Waals surface area contributed by atoms with Gasteiger partial charge in [-0.05, 0) is 37.1 Å². The Bertz CT molecular complexity index is 575. The summed E-state index contributed by atoms with van der Waals surface area (Å²) >= 11 is 0. The Hall–Kier alpha value is -2.36. The van der Waals surface area contributed by atoms with Gasteiger partial charge in [-0.2, -0.15) is 0 Å². The number of nitrogens with zero attached hydrogens (tertiary/aromatic N) is 2. The molecule has 0 bridgehead atoms. The molecule has 116 valence electrons. The van der Waals surface area contributed by atoms with Crippen molar-refractivity contribution >= 4 is 17.4 Å². The first-order valence-corrected chi connectivity index (χ1v) is 7.82. The molecule has 1 heterocycles. The summed E-state index contributed by atoms with van der Waals surface area (Å²) in [5.41, 5.74) is 1.62. The summed E-state index contributed by atoms with van der Waals surface area (Å²) in [6.07, 6.45) is 3.57. The highest BCUT2D eigenvalue weighted by atomic mass is 16.2. The van der Waals surface area contributed by atoms with Crippen molar-refractivity contribution in [3.63, 3.8) is 0 Å². The summed E-state index contributed by atoms with van der Waals surface area (Å²) in [5.74, 6) is 0.794. The van der Waals surface area contributed by atoms with E-state index in [-0.39, 0.29) is 5.91 Å². The van der Waals surface area contributed by atoms with Crippen LogP contribution in [0.5, 0.6) is 0 Å². The Balaban J connectivity index is 2.05. The molecule has 2 aromatic rings. The van der Waals surface area contributed by atoms with Crippen LogP contribution in [0.15, 0.2) is 48.7 Å². The third-order valence-corrected chi connectivity index (χ3v) is 3.33. The van der Waals surface area contributed by atoms with Crippen LogP contribution in [0.3, 0.4) is 0 Å². The van der Waals surface area contributed by atoms with Crippen LogP contribution in [0.25, 0.3) is 0 Å². The van der Waals surface area contributed by atoms with Gasteiger partial charge in [-0.15, -0.1) is 0 Å². The minimum absolute atomic E-state index is 0.0578. The molecule has 1 aromatic carbocycles. The standard InChI is InChI=1S/C18H23N3O/c1-3-12-21(13-4-2)18(22)15-10-11-17(19-14-15)20-16-8-6-5-7-9-16/h5-11,14H,3-4,12-13H2,1-2H3,(H,19,20). The fourth-order valence-electron chi connectivity index (χ4n) is 2.30. The summed E-state index contributed by atoms with van der Waals surface area (Å²) in [4.78, 5) is 18.7. The molecule has 22 heavy (non-hydrogen) atoms. The van der Waals surface area contributed by atoms with Gasteiger partial charge in [-0.25, -0.2) is 4.98 Å². The van der Waals surface area contributed by atoms with Gasteiger partial charge in [0, 0.05) is 25.0 Å². The number of carbonyl (C=O) groups is 1. The number of aromatic nitrogens is 1. The summed E-state index contributed by atoms with van der Waals surface area (Å²) in [6, 6.07) is 13.5. The van der Waals surface area contributed by atoms with Crippen LogP contribution in [0, 0.1) is 0 Å². The van der Waals surface area contributed by atoms with Crippen LogP contribution in [-0.2, 0) is 0 Å². The first-order valence-electron chi connectivity index (χ1n) is 7.82. The molecule has 0 saturated carbocycles. The molecule has 1 N–H and O–H groups in total. The highest BCUT2D eigenvalue weighted by molar-refractivity contribution is 5.94. The molecule has 4 nitrogen and oxygen atoms in total. The Morgan fingerprint density at radius 1 is 1.05 bits per heavy atom. The van der Waals surface area contributed by atoms with Gasteiger partial charge in [-0.3, -0.25) is 4.79 Å². The third kappa shape index (κ3) is 4.32. The van der Waals surface area contributed by atoms with Gasteiger partial charge < -0.3 is 10.2 Å². The van der Waals surface area contributed by atoms with E-state index in [2.05, 4.69) is 24.1 Å². The van der Waals surface area contributed by atoms with E-state index in [0.29, 0.717) is 5.56 Å². The summed E-state index contributed by atoms with van der Waals surface area (Å²) < 4.78 is 0. The minimum atomic E-state index is 0.0578. The number of nitrogens with one attached hydrogen (secondary N) is 1. The van der Waals surface area contributed by atoms with Crippen molar-refractivity contribution in [1.29, 1.82) is 0 Å². The van der Waals surface area contributed by atoms with E-state index in [0.717, 1.165) is 37.4 Å². The molecule has 1 aromatic heterocycles. The first kappa shape index (κ1) is 16.0. The van der Waals surface area contributed by atoms with Crippen LogP contribution in [0.4, 0.5) is 11.5 Å². The SMILES string of the molecule is CCCN(CCC)C(=O)c1ccc(Nc2ccccc2)nc1. The average Bonchev–Trinajstić information content (AvgIpc) is 2.56. The quantitative estimate of drug-likeness (QED) is 0.837. The van der Waals surface area contributed by atoms with Gasteiger partial charge in [0.1, 0.15) is 5.82 Å². The predicted octanol–water partition coefficient (Wildman–Crippen LogP) is 4.09. The summed E-state index contributed by atoms with van der Waals surface area (Å²) in [5, 5.41) is 3.21. The highest BCUT2D eigenvalue weighted by Crippen LogP contribution is 2.14. The van der Waals surface area contributed by atoms with Gasteiger partial charge in [0.25, 0.3) is 5.91 Å². The lowest BCUT2D eigenvalue weighted by molar-refractivity contribution is 0.0755. The van der Waals surface area contributed by atoms with Gasteiger partial charge in [0.15, 0.2) is 0 Å². The average molecular weight is 297 g/mol. The van der Waals surface area contributed by atoms with E-state index in [1.165, 1.54) is 0 Å². The lowest BCUT2D eigenvalue weighted by Crippen LogP contribution is -2.32. The number of benzene rings is 1. The molecule has 0 unspecified atom stereocenters. The summed E-state index contributed by atoms with van der Waals surface area (Å²) in [7, 11) is 0. The molecule has 0 aliphatic carbocycles. The van der Waals surface area contributed by atoms with E-state index >= 15 is 0 Å². The largest absolute Gasteiger partial charge is 0.340 e. The fraction of sp³-hybridized carbons (Fsp3) is 0.333. The maximum Gasteiger partial charge on any atom is 0.255 e. The van der Waals surface area contributed by atoms with Crippen molar-refractivity contribution in [2.24, 2.45) is 0 Å². The molecule has 0 radical (unpaired) electrons. The smallest absolute Gasteiger partial charge is 0.255 e. The van der Waals surface area contributed by atoms with E-state index in [1.54, 1.807) is 6.20 Å². The van der Waals surface area contributed by atoms with Gasteiger partial charge in [0.05, 0.1) is 5.56 Å². The van der Waals surface area contributed by atoms with Gasteiger partial charge >= 0.3 is 0 Å². The van der Waals surface area contributed by atoms with E-state index in [9.17, 15) is 4.79 Å². The number of rotatable bonds is 7. The molecular weight excluding hydrogens is 274 g/mol. The maximum absolute atomic E-state index is 12.5. The zero-order chi connectivity index (χ0) is 15.8. The lowest BCUT2D eigenvalue weighted by Gasteiger charge is -2.21. The topological polar surface area (TPSA) is 45.2 Å². The van der Waals surface area contributed by atoms with Gasteiger partial charge in [0.2, 0.25) is 0 Å². The zero-order valence-electron chi connectivity index (χ0n) is 13.2. The monoisotopic (exact) mass is 297 g/mol. The van der Waals surface area contributed by atoms with Gasteiger partial charge in [-0.1, -0.05) is 32.0 Å². The minimum Gasteiger partial charge on any atom is -0.340 e. The number of para-hydroxylation sites is 1. The summed E-state index contributed by atoms with van der Waals surface area (Å²) in [6.45, 7) is 5.75. The first-order chi connectivity index (χ1) is 10.7. The van der Waals surface area contributed by atoms with E-state index < -0.39 is 0 Å². The zero-order valence-corrected chi connectivity index (χ0v) is 13.2. The number of amides is 1.